The van der Waals surface area contributed by atoms with Crippen LogP contribution in [0.5, 0.6) is 0 Å². The maximum absolute atomic E-state index is 6.37. The first-order chi connectivity index (χ1) is 14.8. The molecule has 2 aliphatic carbocycles. The molecule has 0 unspecified atom stereocenters. The third-order valence-corrected chi connectivity index (χ3v) is 8.24. The Labute approximate surface area is 196 Å². The minimum atomic E-state index is 0. The summed E-state index contributed by atoms with van der Waals surface area (Å²) in [6, 6.07) is 8.64. The number of hydrogen-bond acceptors (Lipinski definition) is 5. The monoisotopic (exact) mass is 462 g/mol. The molecule has 0 aromatic carbocycles. The van der Waals surface area contributed by atoms with Gasteiger partial charge in [0, 0.05) is 35.3 Å². The zero-order valence-electron chi connectivity index (χ0n) is 18.3. The second-order valence-corrected chi connectivity index (χ2v) is 10.5. The van der Waals surface area contributed by atoms with Crippen LogP contribution in [0.1, 0.15) is 73.9 Å². The number of aromatic nitrogens is 1. The van der Waals surface area contributed by atoms with Crippen LogP contribution in [0.2, 0.25) is 0 Å². The first-order valence-corrected chi connectivity index (χ1v) is 12.6. The summed E-state index contributed by atoms with van der Waals surface area (Å²) in [7, 11) is 0. The van der Waals surface area contributed by atoms with Crippen LogP contribution in [0.3, 0.4) is 0 Å². The van der Waals surface area contributed by atoms with Gasteiger partial charge in [0.1, 0.15) is 0 Å². The van der Waals surface area contributed by atoms with Crippen LogP contribution in [0, 0.1) is 0 Å². The van der Waals surface area contributed by atoms with Gasteiger partial charge in [0.15, 0.2) is 0 Å². The van der Waals surface area contributed by atoms with E-state index in [1.54, 1.807) is 0 Å². The standard InChI is InChI=1S/C25H34N2O2S.ClH/c1-4-13-27-23(5-1)24(12-15-29-25(19-24)9-2-3-10-25)11-14-26-17-22-20(8-16-30-22)18-28-21-6-7-21;/h1,4-5,8,13,16,21,26H,2-3,6-7,9-12,14-15,17-19H2;1H/t24-;/m1./s1. The van der Waals surface area contributed by atoms with Crippen molar-refractivity contribution >= 4 is 23.7 Å². The van der Waals surface area contributed by atoms with Crippen molar-refractivity contribution in [2.24, 2.45) is 0 Å². The summed E-state index contributed by atoms with van der Waals surface area (Å²) >= 11 is 1.84. The van der Waals surface area contributed by atoms with Crippen LogP contribution >= 0.6 is 23.7 Å². The topological polar surface area (TPSA) is 43.4 Å². The molecule has 0 amide bonds. The van der Waals surface area contributed by atoms with E-state index in [0.29, 0.717) is 6.10 Å². The summed E-state index contributed by atoms with van der Waals surface area (Å²) in [5, 5.41) is 5.93. The molecule has 5 rings (SSSR count). The molecule has 1 aliphatic heterocycles. The molecule has 170 valence electrons. The summed E-state index contributed by atoms with van der Waals surface area (Å²) in [5.74, 6) is 0. The number of rotatable bonds is 9. The average Bonchev–Trinajstić information content (AvgIpc) is 3.34. The predicted octanol–water partition coefficient (Wildman–Crippen LogP) is 5.78. The molecule has 3 fully saturated rings. The highest BCUT2D eigenvalue weighted by Crippen LogP contribution is 2.49. The van der Waals surface area contributed by atoms with Gasteiger partial charge in [0.25, 0.3) is 0 Å². The van der Waals surface area contributed by atoms with Gasteiger partial charge in [-0.1, -0.05) is 18.9 Å². The van der Waals surface area contributed by atoms with Gasteiger partial charge in [-0.3, -0.25) is 4.98 Å². The van der Waals surface area contributed by atoms with Gasteiger partial charge < -0.3 is 14.8 Å². The third kappa shape index (κ3) is 5.51. The van der Waals surface area contributed by atoms with Crippen LogP contribution < -0.4 is 5.32 Å². The van der Waals surface area contributed by atoms with E-state index in [9.17, 15) is 0 Å². The second kappa shape index (κ2) is 10.3. The summed E-state index contributed by atoms with van der Waals surface area (Å²) in [6.45, 7) is 3.57. The molecule has 3 heterocycles. The van der Waals surface area contributed by atoms with E-state index in [-0.39, 0.29) is 23.4 Å². The van der Waals surface area contributed by atoms with E-state index in [1.165, 1.54) is 54.7 Å². The highest BCUT2D eigenvalue weighted by atomic mass is 35.5. The van der Waals surface area contributed by atoms with E-state index in [0.717, 1.165) is 45.6 Å². The molecular weight excluding hydrogens is 428 g/mol. The molecule has 0 bridgehead atoms. The van der Waals surface area contributed by atoms with Gasteiger partial charge in [0.2, 0.25) is 0 Å². The summed E-state index contributed by atoms with van der Waals surface area (Å²) in [5.41, 5.74) is 2.84. The molecule has 1 atom stereocenters. The lowest BCUT2D eigenvalue weighted by molar-refractivity contribution is -0.104. The quantitative estimate of drug-likeness (QED) is 0.479. The zero-order chi connectivity index (χ0) is 20.3. The van der Waals surface area contributed by atoms with Gasteiger partial charge >= 0.3 is 0 Å². The Morgan fingerprint density at radius 3 is 2.81 bits per heavy atom. The minimum Gasteiger partial charge on any atom is -0.375 e. The Balaban J connectivity index is 0.00000231. The largest absolute Gasteiger partial charge is 0.375 e. The van der Waals surface area contributed by atoms with Crippen molar-refractivity contribution < 1.29 is 9.47 Å². The maximum Gasteiger partial charge on any atom is 0.0731 e. The first-order valence-electron chi connectivity index (χ1n) is 11.7. The Morgan fingerprint density at radius 2 is 2.03 bits per heavy atom. The lowest BCUT2D eigenvalue weighted by Gasteiger charge is -2.46. The predicted molar refractivity (Wildman–Crippen MR) is 128 cm³/mol. The maximum atomic E-state index is 6.37. The van der Waals surface area contributed by atoms with Crippen molar-refractivity contribution in [3.05, 3.63) is 52.0 Å². The molecule has 31 heavy (non-hydrogen) atoms. The van der Waals surface area contributed by atoms with E-state index < -0.39 is 0 Å². The lowest BCUT2D eigenvalue weighted by Crippen LogP contribution is -2.47. The molecule has 2 saturated carbocycles. The smallest absolute Gasteiger partial charge is 0.0731 e. The van der Waals surface area contributed by atoms with Gasteiger partial charge in [-0.25, -0.2) is 0 Å². The van der Waals surface area contributed by atoms with E-state index in [1.807, 2.05) is 23.6 Å². The summed E-state index contributed by atoms with van der Waals surface area (Å²) in [6.07, 6.45) is 13.3. The molecule has 6 heteroatoms. The van der Waals surface area contributed by atoms with Crippen LogP contribution in [0.4, 0.5) is 0 Å². The van der Waals surface area contributed by atoms with Crippen molar-refractivity contribution in [3.8, 4) is 0 Å². The van der Waals surface area contributed by atoms with Gasteiger partial charge in [-0.15, -0.1) is 23.7 Å². The van der Waals surface area contributed by atoms with Crippen molar-refractivity contribution in [1.82, 2.24) is 10.3 Å². The molecule has 3 aliphatic rings. The number of hydrogen-bond donors (Lipinski definition) is 1. The Morgan fingerprint density at radius 1 is 1.16 bits per heavy atom. The fourth-order valence-corrected chi connectivity index (χ4v) is 6.28. The average molecular weight is 463 g/mol. The summed E-state index contributed by atoms with van der Waals surface area (Å²) in [4.78, 5) is 6.24. The first kappa shape index (κ1) is 23.2. The second-order valence-electron chi connectivity index (χ2n) is 9.47. The van der Waals surface area contributed by atoms with Crippen LogP contribution in [0.25, 0.3) is 0 Å². The Bertz CT molecular complexity index is 820. The number of pyridine rings is 1. The van der Waals surface area contributed by atoms with Gasteiger partial charge in [-0.2, -0.15) is 0 Å². The van der Waals surface area contributed by atoms with Crippen LogP contribution in [0.15, 0.2) is 35.8 Å². The highest BCUT2D eigenvalue weighted by molar-refractivity contribution is 7.10. The number of halogens is 1. The third-order valence-electron chi connectivity index (χ3n) is 7.27. The van der Waals surface area contributed by atoms with Crippen LogP contribution in [-0.4, -0.2) is 29.8 Å². The van der Waals surface area contributed by atoms with E-state index >= 15 is 0 Å². The molecule has 1 spiro atoms. The Kier molecular flexibility index (Phi) is 7.71. The van der Waals surface area contributed by atoms with E-state index in [2.05, 4.69) is 28.9 Å². The van der Waals surface area contributed by atoms with Gasteiger partial charge in [0.05, 0.1) is 18.3 Å². The number of nitrogens with one attached hydrogen (secondary N) is 1. The van der Waals surface area contributed by atoms with Crippen molar-refractivity contribution in [2.45, 2.75) is 88.1 Å². The zero-order valence-corrected chi connectivity index (χ0v) is 19.9. The molecule has 2 aromatic rings. The Hall–Kier alpha value is -0.980. The summed E-state index contributed by atoms with van der Waals surface area (Å²) < 4.78 is 12.3. The number of nitrogens with zero attached hydrogens (tertiary/aromatic N) is 1. The van der Waals surface area contributed by atoms with Gasteiger partial charge in [-0.05, 0) is 80.6 Å². The minimum absolute atomic E-state index is 0. The molecule has 2 aromatic heterocycles. The number of thiophene rings is 1. The highest BCUT2D eigenvalue weighted by Gasteiger charge is 2.48. The molecular formula is C25H35ClN2O2S. The molecule has 0 radical (unpaired) electrons. The SMILES string of the molecule is Cl.c1ccc([C@]2(CCNCc3sccc3COC3CC3)CCOC3(CCCC3)C2)nc1. The van der Waals surface area contributed by atoms with Crippen molar-refractivity contribution in [2.75, 3.05) is 13.2 Å². The van der Waals surface area contributed by atoms with Crippen molar-refractivity contribution in [1.29, 1.82) is 0 Å². The number of ether oxygens (including phenoxy) is 2. The van der Waals surface area contributed by atoms with Crippen LogP contribution in [-0.2, 0) is 28.0 Å². The molecule has 4 nitrogen and oxygen atoms in total. The fraction of sp³-hybridized carbons (Fsp3) is 0.640. The lowest BCUT2D eigenvalue weighted by atomic mass is 9.68. The fourth-order valence-electron chi connectivity index (χ4n) is 5.42. The molecule has 1 N–H and O–H groups in total. The van der Waals surface area contributed by atoms with E-state index in [4.69, 9.17) is 14.5 Å². The molecule has 1 saturated heterocycles. The normalized spacial score (nSPS) is 24.9. The van der Waals surface area contributed by atoms with Crippen molar-refractivity contribution in [3.63, 3.8) is 0 Å².